The van der Waals surface area contributed by atoms with Crippen molar-refractivity contribution in [1.82, 2.24) is 0 Å². The van der Waals surface area contributed by atoms with E-state index < -0.39 is 30.8 Å². The number of carboxylic acids is 1. The molecule has 18 heavy (non-hydrogen) atoms. The van der Waals surface area contributed by atoms with Gasteiger partial charge in [-0.05, 0) is 11.0 Å². The van der Waals surface area contributed by atoms with Crippen LogP contribution in [-0.2, 0) is 22.5 Å². The Morgan fingerprint density at radius 2 is 2.22 bits per heavy atom. The van der Waals surface area contributed by atoms with Crippen molar-refractivity contribution >= 4 is 18.6 Å². The van der Waals surface area contributed by atoms with Gasteiger partial charge >= 0.3 is 13.1 Å². The van der Waals surface area contributed by atoms with Crippen LogP contribution >= 0.6 is 0 Å². The smallest absolute Gasteiger partial charge is 0.480 e. The Labute approximate surface area is 101 Å². The highest BCUT2D eigenvalue weighted by Gasteiger charge is 2.33. The van der Waals surface area contributed by atoms with E-state index in [1.165, 1.54) is 6.07 Å². The molecule has 0 fully saturated rings. The van der Waals surface area contributed by atoms with E-state index in [1.54, 1.807) is 0 Å². The predicted octanol–water partition coefficient (Wildman–Crippen LogP) is -0.863. The molecule has 0 aromatic heterocycles. The van der Waals surface area contributed by atoms with Crippen LogP contribution in [0.15, 0.2) is 6.07 Å². The number of hydrogen-bond acceptors (Lipinski definition) is 4. The first-order valence-corrected chi connectivity index (χ1v) is 5.19. The minimum atomic E-state index is -1.34. The van der Waals surface area contributed by atoms with E-state index >= 15 is 0 Å². The fourth-order valence-corrected chi connectivity index (χ4v) is 1.83. The molecular weight excluding hydrogens is 247 g/mol. The normalized spacial score (nSPS) is 15.7. The molecule has 2 rings (SSSR count). The third-order valence-electron chi connectivity index (χ3n) is 2.83. The molecule has 1 aromatic carbocycles. The van der Waals surface area contributed by atoms with Crippen molar-refractivity contribution in [3.05, 3.63) is 28.8 Å². The topological polar surface area (TPSA) is 92.8 Å². The molecule has 8 heteroatoms. The molecule has 4 N–H and O–H groups in total. The van der Waals surface area contributed by atoms with E-state index in [4.69, 9.17) is 15.5 Å². The third kappa shape index (κ3) is 2.10. The number of rotatable bonds is 3. The van der Waals surface area contributed by atoms with Gasteiger partial charge in [-0.2, -0.15) is 0 Å². The first-order valence-electron chi connectivity index (χ1n) is 5.19. The Balaban J connectivity index is 2.40. The van der Waals surface area contributed by atoms with Crippen LogP contribution in [0.4, 0.5) is 8.78 Å². The molecular formula is C10H10BF2NO4. The predicted molar refractivity (Wildman–Crippen MR) is 58.1 cm³/mol. The maximum absolute atomic E-state index is 13.6. The van der Waals surface area contributed by atoms with Gasteiger partial charge in [0.05, 0.1) is 6.61 Å². The van der Waals surface area contributed by atoms with Crippen LogP contribution in [0.25, 0.3) is 0 Å². The summed E-state index contributed by atoms with van der Waals surface area (Å²) >= 11 is 0. The van der Waals surface area contributed by atoms with Crippen LogP contribution in [0.5, 0.6) is 0 Å². The van der Waals surface area contributed by atoms with Crippen molar-refractivity contribution in [2.75, 3.05) is 0 Å². The summed E-state index contributed by atoms with van der Waals surface area (Å²) in [6.07, 6.45) is -0.363. The number of hydrogen-bond donors (Lipinski definition) is 3. The average Bonchev–Trinajstić information content (AvgIpc) is 2.67. The summed E-state index contributed by atoms with van der Waals surface area (Å²) in [6.45, 7) is -0.218. The summed E-state index contributed by atoms with van der Waals surface area (Å²) in [6, 6.07) is -0.148. The second-order valence-electron chi connectivity index (χ2n) is 4.04. The van der Waals surface area contributed by atoms with Gasteiger partial charge in [0.1, 0.15) is 6.04 Å². The molecule has 0 saturated carbocycles. The largest absolute Gasteiger partial charge is 0.491 e. The highest BCUT2D eigenvalue weighted by atomic mass is 19.2. The van der Waals surface area contributed by atoms with Crippen molar-refractivity contribution in [3.8, 4) is 0 Å². The second kappa shape index (κ2) is 4.64. The Morgan fingerprint density at radius 1 is 1.56 bits per heavy atom. The zero-order valence-electron chi connectivity index (χ0n) is 9.19. The number of fused-ring (bicyclic) bond motifs is 1. The average molecular weight is 257 g/mol. The monoisotopic (exact) mass is 257 g/mol. The minimum absolute atomic E-state index is 0.0485. The Bertz CT molecular complexity index is 511. The zero-order valence-corrected chi connectivity index (χ0v) is 9.19. The first-order chi connectivity index (χ1) is 8.41. The standard InChI is InChI=1S/C10H10BF2NO4/c12-8-4(2-7(14)10(15)16)1-6-5(9(8)13)3-18-11(6)17/h1,7,17H,2-3,14H2,(H,15,16)/t7-/m0/s1. The molecule has 0 aliphatic carbocycles. The molecule has 0 amide bonds. The van der Waals surface area contributed by atoms with E-state index in [-0.39, 0.29) is 29.6 Å². The molecule has 96 valence electrons. The molecule has 1 atom stereocenters. The van der Waals surface area contributed by atoms with Gasteiger partial charge in [-0.1, -0.05) is 6.07 Å². The van der Waals surface area contributed by atoms with E-state index in [9.17, 15) is 18.6 Å². The third-order valence-corrected chi connectivity index (χ3v) is 2.83. The minimum Gasteiger partial charge on any atom is -0.480 e. The molecule has 0 unspecified atom stereocenters. The summed E-state index contributed by atoms with van der Waals surface area (Å²) in [5, 5.41) is 18.0. The number of nitrogens with two attached hydrogens (primary N) is 1. The van der Waals surface area contributed by atoms with Gasteiger partial charge < -0.3 is 20.5 Å². The van der Waals surface area contributed by atoms with Crippen LogP contribution in [0.1, 0.15) is 11.1 Å². The zero-order chi connectivity index (χ0) is 13.4. The van der Waals surface area contributed by atoms with Crippen molar-refractivity contribution in [2.45, 2.75) is 19.1 Å². The fraction of sp³-hybridized carbons (Fsp3) is 0.300. The molecule has 0 bridgehead atoms. The fourth-order valence-electron chi connectivity index (χ4n) is 1.83. The summed E-state index contributed by atoms with van der Waals surface area (Å²) in [7, 11) is -1.32. The van der Waals surface area contributed by atoms with Crippen LogP contribution in [0, 0.1) is 11.6 Å². The summed E-state index contributed by atoms with van der Waals surface area (Å²) in [5.74, 6) is -3.59. The highest BCUT2D eigenvalue weighted by Crippen LogP contribution is 2.21. The molecule has 1 aromatic rings. The summed E-state index contributed by atoms with van der Waals surface area (Å²) < 4.78 is 32.0. The number of carbonyl (C=O) groups is 1. The molecule has 0 radical (unpaired) electrons. The molecule has 0 saturated heterocycles. The summed E-state index contributed by atoms with van der Waals surface area (Å²) in [4.78, 5) is 10.6. The van der Waals surface area contributed by atoms with Crippen molar-refractivity contribution in [1.29, 1.82) is 0 Å². The van der Waals surface area contributed by atoms with Crippen LogP contribution in [0.3, 0.4) is 0 Å². The van der Waals surface area contributed by atoms with E-state index in [1.807, 2.05) is 0 Å². The Morgan fingerprint density at radius 3 is 2.83 bits per heavy atom. The highest BCUT2D eigenvalue weighted by molar-refractivity contribution is 6.61. The van der Waals surface area contributed by atoms with E-state index in [2.05, 4.69) is 0 Å². The lowest BCUT2D eigenvalue weighted by atomic mass is 9.78. The van der Waals surface area contributed by atoms with Crippen LogP contribution < -0.4 is 11.2 Å². The molecule has 0 spiro atoms. The van der Waals surface area contributed by atoms with E-state index in [0.717, 1.165) is 0 Å². The Hall–Kier alpha value is -1.51. The van der Waals surface area contributed by atoms with Gasteiger partial charge in [-0.3, -0.25) is 4.79 Å². The molecule has 1 heterocycles. The van der Waals surface area contributed by atoms with Gasteiger partial charge in [0.2, 0.25) is 0 Å². The number of benzene rings is 1. The molecule has 5 nitrogen and oxygen atoms in total. The maximum atomic E-state index is 13.6. The van der Waals surface area contributed by atoms with E-state index in [0.29, 0.717) is 0 Å². The van der Waals surface area contributed by atoms with Crippen LogP contribution in [-0.4, -0.2) is 29.3 Å². The number of carboxylic acid groups (broad SMARTS) is 1. The van der Waals surface area contributed by atoms with Gasteiger partial charge in [-0.25, -0.2) is 8.78 Å². The molecule has 1 aliphatic rings. The van der Waals surface area contributed by atoms with Gasteiger partial charge in [-0.15, -0.1) is 0 Å². The van der Waals surface area contributed by atoms with Gasteiger partial charge in [0.25, 0.3) is 0 Å². The summed E-state index contributed by atoms with van der Waals surface area (Å²) in [5.41, 5.74) is 5.14. The van der Waals surface area contributed by atoms with Crippen molar-refractivity contribution in [2.24, 2.45) is 5.73 Å². The second-order valence-corrected chi connectivity index (χ2v) is 4.04. The number of aliphatic carboxylic acids is 1. The first kappa shape index (κ1) is 12.9. The lowest BCUT2D eigenvalue weighted by molar-refractivity contribution is -0.138. The maximum Gasteiger partial charge on any atom is 0.491 e. The lowest BCUT2D eigenvalue weighted by Gasteiger charge is -2.10. The van der Waals surface area contributed by atoms with Gasteiger partial charge in [0, 0.05) is 12.0 Å². The van der Waals surface area contributed by atoms with Crippen LogP contribution in [0.2, 0.25) is 0 Å². The Kier molecular flexibility index (Phi) is 3.33. The SMILES string of the molecule is N[C@@H](Cc1cc2c(c(F)c1F)COB2O)C(=O)O. The van der Waals surface area contributed by atoms with Gasteiger partial charge in [0.15, 0.2) is 11.6 Å². The quantitative estimate of drug-likeness (QED) is 0.612. The number of halogens is 2. The lowest BCUT2D eigenvalue weighted by Crippen LogP contribution is -2.34. The molecule has 1 aliphatic heterocycles. The van der Waals surface area contributed by atoms with Crippen molar-refractivity contribution in [3.63, 3.8) is 0 Å². The van der Waals surface area contributed by atoms with Crippen molar-refractivity contribution < 1.29 is 28.4 Å².